The number of aromatic nitrogens is 2. The van der Waals surface area contributed by atoms with E-state index in [1.54, 1.807) is 31.2 Å². The number of carbonyl (C=O) groups excluding carboxylic acids is 2. The van der Waals surface area contributed by atoms with Gasteiger partial charge in [-0.1, -0.05) is 12.1 Å². The van der Waals surface area contributed by atoms with Gasteiger partial charge in [-0.25, -0.2) is 4.98 Å². The van der Waals surface area contributed by atoms with Crippen molar-refractivity contribution >= 4 is 22.9 Å². The highest BCUT2D eigenvalue weighted by Gasteiger charge is 2.17. The molecule has 0 aliphatic heterocycles. The number of nitrogens with two attached hydrogens (primary N) is 1. The minimum absolute atomic E-state index is 0.0595. The van der Waals surface area contributed by atoms with Crippen molar-refractivity contribution in [3.05, 3.63) is 30.1 Å². The van der Waals surface area contributed by atoms with Gasteiger partial charge in [-0.15, -0.1) is 0 Å². The molecule has 0 unspecified atom stereocenters. The van der Waals surface area contributed by atoms with Crippen LogP contribution >= 0.6 is 0 Å². The van der Waals surface area contributed by atoms with Crippen molar-refractivity contribution in [2.24, 2.45) is 5.73 Å². The zero-order chi connectivity index (χ0) is 13.1. The number of fused-ring (bicyclic) bond motifs is 1. The van der Waals surface area contributed by atoms with Crippen LogP contribution in [0.25, 0.3) is 11.0 Å². The molecule has 0 atom stereocenters. The number of hydrogen-bond donors (Lipinski definition) is 1. The van der Waals surface area contributed by atoms with E-state index in [0.717, 1.165) is 0 Å². The lowest BCUT2D eigenvalue weighted by Gasteiger charge is -2.06. The molecule has 18 heavy (non-hydrogen) atoms. The van der Waals surface area contributed by atoms with E-state index in [2.05, 4.69) is 4.98 Å². The van der Waals surface area contributed by atoms with Crippen LogP contribution in [0, 0.1) is 0 Å². The highest BCUT2D eigenvalue weighted by atomic mass is 16.5. The molecule has 1 heterocycles. The molecule has 6 nitrogen and oxygen atoms in total. The summed E-state index contributed by atoms with van der Waals surface area (Å²) in [6, 6.07) is 7.13. The number of carbonyl (C=O) groups is 2. The number of benzene rings is 1. The van der Waals surface area contributed by atoms with Crippen LogP contribution in [0.3, 0.4) is 0 Å². The van der Waals surface area contributed by atoms with Crippen LogP contribution in [-0.4, -0.2) is 28.0 Å². The van der Waals surface area contributed by atoms with Crippen LogP contribution in [0.2, 0.25) is 0 Å². The summed E-state index contributed by atoms with van der Waals surface area (Å²) in [5.74, 6) is -1.04. The molecule has 0 aliphatic rings. The molecule has 94 valence electrons. The topological polar surface area (TPSA) is 87.2 Å². The molecule has 2 N–H and O–H groups in total. The predicted octanol–water partition coefficient (Wildman–Crippen LogP) is 0.698. The van der Waals surface area contributed by atoms with Crippen molar-refractivity contribution in [2.45, 2.75) is 13.5 Å². The number of esters is 1. The molecule has 6 heteroatoms. The number of rotatable bonds is 4. The first-order valence-corrected chi connectivity index (χ1v) is 5.54. The van der Waals surface area contributed by atoms with Crippen LogP contribution in [0.1, 0.15) is 17.5 Å². The molecule has 2 rings (SSSR count). The fraction of sp³-hybridized carbons (Fsp3) is 0.250. The Bertz CT molecular complexity index is 604. The van der Waals surface area contributed by atoms with Crippen molar-refractivity contribution in [1.82, 2.24) is 9.55 Å². The number of nitrogens with zero attached hydrogens (tertiary/aromatic N) is 2. The molecule has 0 aliphatic carbocycles. The highest BCUT2D eigenvalue weighted by Crippen LogP contribution is 2.15. The van der Waals surface area contributed by atoms with Gasteiger partial charge in [0.05, 0.1) is 17.6 Å². The maximum atomic E-state index is 11.5. The van der Waals surface area contributed by atoms with E-state index in [0.29, 0.717) is 11.0 Å². The second-order valence-corrected chi connectivity index (χ2v) is 3.68. The van der Waals surface area contributed by atoms with Gasteiger partial charge in [0, 0.05) is 0 Å². The van der Waals surface area contributed by atoms with Gasteiger partial charge in [-0.05, 0) is 19.1 Å². The lowest BCUT2D eigenvalue weighted by molar-refractivity contribution is -0.143. The third-order valence-corrected chi connectivity index (χ3v) is 2.47. The van der Waals surface area contributed by atoms with Crippen LogP contribution < -0.4 is 5.73 Å². The molecular formula is C12H13N3O3. The van der Waals surface area contributed by atoms with Gasteiger partial charge in [-0.3, -0.25) is 9.59 Å². The summed E-state index contributed by atoms with van der Waals surface area (Å²) in [5, 5.41) is 0. The Kier molecular flexibility index (Phi) is 3.27. The molecule has 1 amide bonds. The first-order chi connectivity index (χ1) is 8.63. The number of ether oxygens (including phenoxy) is 1. The molecule has 0 radical (unpaired) electrons. The quantitative estimate of drug-likeness (QED) is 0.805. The Morgan fingerprint density at radius 1 is 1.39 bits per heavy atom. The Morgan fingerprint density at radius 3 is 2.78 bits per heavy atom. The van der Waals surface area contributed by atoms with Crippen molar-refractivity contribution in [2.75, 3.05) is 6.61 Å². The normalized spacial score (nSPS) is 10.5. The predicted molar refractivity (Wildman–Crippen MR) is 64.9 cm³/mol. The summed E-state index contributed by atoms with van der Waals surface area (Å²) >= 11 is 0. The number of amides is 1. The van der Waals surface area contributed by atoms with Gasteiger partial charge in [-0.2, -0.15) is 0 Å². The summed E-state index contributed by atoms with van der Waals surface area (Å²) in [6.07, 6.45) is 0. The van der Waals surface area contributed by atoms with E-state index >= 15 is 0 Å². The van der Waals surface area contributed by atoms with Crippen LogP contribution in [-0.2, 0) is 16.1 Å². The van der Waals surface area contributed by atoms with Crippen molar-refractivity contribution in [3.63, 3.8) is 0 Å². The zero-order valence-electron chi connectivity index (χ0n) is 9.92. The number of hydrogen-bond acceptors (Lipinski definition) is 4. The van der Waals surface area contributed by atoms with Gasteiger partial charge in [0.2, 0.25) is 0 Å². The second kappa shape index (κ2) is 4.87. The van der Waals surface area contributed by atoms with Crippen molar-refractivity contribution in [3.8, 4) is 0 Å². The van der Waals surface area contributed by atoms with Crippen LogP contribution in [0.5, 0.6) is 0 Å². The lowest BCUT2D eigenvalue weighted by atomic mass is 10.3. The van der Waals surface area contributed by atoms with E-state index < -0.39 is 11.9 Å². The average Bonchev–Trinajstić information content (AvgIpc) is 2.69. The largest absolute Gasteiger partial charge is 0.465 e. The number of primary amides is 1. The molecule has 0 bridgehead atoms. The molecule has 0 spiro atoms. The van der Waals surface area contributed by atoms with Crippen LogP contribution in [0.15, 0.2) is 24.3 Å². The van der Waals surface area contributed by atoms with E-state index in [4.69, 9.17) is 10.5 Å². The Morgan fingerprint density at radius 2 is 2.11 bits per heavy atom. The smallest absolute Gasteiger partial charge is 0.326 e. The molecular weight excluding hydrogens is 234 g/mol. The van der Waals surface area contributed by atoms with E-state index in [-0.39, 0.29) is 19.0 Å². The summed E-state index contributed by atoms with van der Waals surface area (Å²) in [6.45, 7) is 1.93. The first kappa shape index (κ1) is 12.1. The maximum Gasteiger partial charge on any atom is 0.326 e. The Balaban J connectivity index is 2.48. The van der Waals surface area contributed by atoms with Gasteiger partial charge >= 0.3 is 5.97 Å². The first-order valence-electron chi connectivity index (χ1n) is 5.54. The third kappa shape index (κ3) is 2.17. The number of imidazole rings is 1. The minimum Gasteiger partial charge on any atom is -0.465 e. The van der Waals surface area contributed by atoms with E-state index in [9.17, 15) is 9.59 Å². The van der Waals surface area contributed by atoms with Gasteiger partial charge in [0.15, 0.2) is 5.82 Å². The maximum absolute atomic E-state index is 11.5. The molecule has 1 aromatic heterocycles. The summed E-state index contributed by atoms with van der Waals surface area (Å²) in [5.41, 5.74) is 6.55. The van der Waals surface area contributed by atoms with E-state index in [1.165, 1.54) is 4.57 Å². The summed E-state index contributed by atoms with van der Waals surface area (Å²) in [7, 11) is 0. The molecule has 0 saturated carbocycles. The van der Waals surface area contributed by atoms with Crippen molar-refractivity contribution in [1.29, 1.82) is 0 Å². The third-order valence-electron chi connectivity index (χ3n) is 2.47. The van der Waals surface area contributed by atoms with Gasteiger partial charge in [0.1, 0.15) is 6.54 Å². The monoisotopic (exact) mass is 247 g/mol. The van der Waals surface area contributed by atoms with Crippen molar-refractivity contribution < 1.29 is 14.3 Å². The Labute approximate surface area is 103 Å². The summed E-state index contributed by atoms with van der Waals surface area (Å²) < 4.78 is 6.33. The highest BCUT2D eigenvalue weighted by molar-refractivity contribution is 5.94. The molecule has 0 saturated heterocycles. The second-order valence-electron chi connectivity index (χ2n) is 3.68. The fourth-order valence-electron chi connectivity index (χ4n) is 1.76. The SMILES string of the molecule is CCOC(=O)Cn1c(C(N)=O)nc2ccccc21. The summed E-state index contributed by atoms with van der Waals surface area (Å²) in [4.78, 5) is 26.9. The van der Waals surface area contributed by atoms with Gasteiger partial charge in [0.25, 0.3) is 5.91 Å². The lowest BCUT2D eigenvalue weighted by Crippen LogP contribution is -2.22. The van der Waals surface area contributed by atoms with Gasteiger partial charge < -0.3 is 15.0 Å². The zero-order valence-corrected chi connectivity index (χ0v) is 9.92. The Hall–Kier alpha value is -2.37. The molecule has 2 aromatic rings. The van der Waals surface area contributed by atoms with E-state index in [1.807, 2.05) is 0 Å². The van der Waals surface area contributed by atoms with Crippen LogP contribution in [0.4, 0.5) is 0 Å². The average molecular weight is 247 g/mol. The number of para-hydroxylation sites is 2. The standard InChI is InChI=1S/C12H13N3O3/c1-2-18-10(16)7-15-9-6-4-3-5-8(9)14-12(15)11(13)17/h3-6H,2,7H2,1H3,(H2,13,17). The minimum atomic E-state index is -0.671. The molecule has 1 aromatic carbocycles. The fourth-order valence-corrected chi connectivity index (χ4v) is 1.76. The molecule has 0 fully saturated rings.